The molecule has 0 radical (unpaired) electrons. The van der Waals surface area contributed by atoms with Gasteiger partial charge < -0.3 is 15.3 Å². The predicted octanol–water partition coefficient (Wildman–Crippen LogP) is 2.66. The number of nitrogens with zero attached hydrogens (tertiary/aromatic N) is 6. The van der Waals surface area contributed by atoms with Gasteiger partial charge in [0.25, 0.3) is 5.91 Å². The van der Waals surface area contributed by atoms with E-state index in [1.165, 1.54) is 11.3 Å². The van der Waals surface area contributed by atoms with Gasteiger partial charge in [-0.3, -0.25) is 9.48 Å². The molecule has 1 amide bonds. The number of hydrogen-bond acceptors (Lipinski definition) is 8. The Bertz CT molecular complexity index is 1320. The van der Waals surface area contributed by atoms with Crippen LogP contribution in [-0.2, 0) is 24.0 Å². The summed E-state index contributed by atoms with van der Waals surface area (Å²) in [6.07, 6.45) is 5.81. The van der Waals surface area contributed by atoms with Crippen molar-refractivity contribution >= 4 is 23.2 Å². The van der Waals surface area contributed by atoms with Crippen LogP contribution in [0.25, 0.3) is 22.0 Å². The zero-order valence-corrected chi connectivity index (χ0v) is 19.1. The Balaban J connectivity index is 1.36. The van der Waals surface area contributed by atoms with Crippen molar-refractivity contribution in [3.8, 4) is 22.0 Å². The predicted molar refractivity (Wildman–Crippen MR) is 125 cm³/mol. The molecule has 9 nitrogen and oxygen atoms in total. The van der Waals surface area contributed by atoms with Crippen molar-refractivity contribution < 1.29 is 9.90 Å². The molecule has 0 unspecified atom stereocenters. The molecule has 3 aromatic heterocycles. The molecule has 0 aliphatic carbocycles. The van der Waals surface area contributed by atoms with E-state index in [2.05, 4.69) is 20.4 Å². The second-order valence-electron chi connectivity index (χ2n) is 8.10. The maximum atomic E-state index is 12.5. The summed E-state index contributed by atoms with van der Waals surface area (Å²) >= 11 is 1.49. The number of aromatic nitrogens is 5. The fourth-order valence-electron chi connectivity index (χ4n) is 3.89. The Kier molecular flexibility index (Phi) is 5.39. The highest BCUT2D eigenvalue weighted by Gasteiger charge is 2.45. The minimum atomic E-state index is -1.48. The smallest absolute Gasteiger partial charge is 0.258 e. The molecule has 0 bridgehead atoms. The largest absolute Gasteiger partial charge is 0.375 e. The summed E-state index contributed by atoms with van der Waals surface area (Å²) in [4.78, 5) is 27.7. The summed E-state index contributed by atoms with van der Waals surface area (Å²) in [5.41, 5.74) is 2.45. The summed E-state index contributed by atoms with van der Waals surface area (Å²) in [5, 5.41) is 21.1. The van der Waals surface area contributed by atoms with Crippen LogP contribution in [0.5, 0.6) is 0 Å². The molecule has 2 N–H and O–H groups in total. The van der Waals surface area contributed by atoms with E-state index in [-0.39, 0.29) is 5.91 Å². The second-order valence-corrected chi connectivity index (χ2v) is 8.96. The summed E-state index contributed by atoms with van der Waals surface area (Å²) in [5.74, 6) is 0.241. The van der Waals surface area contributed by atoms with Crippen molar-refractivity contribution in [2.75, 3.05) is 18.9 Å². The molecule has 4 aromatic rings. The van der Waals surface area contributed by atoms with E-state index in [4.69, 9.17) is 4.98 Å². The molecule has 1 fully saturated rings. The monoisotopic (exact) mass is 461 g/mol. The van der Waals surface area contributed by atoms with Crippen LogP contribution < -0.4 is 5.32 Å². The average molecular weight is 462 g/mol. The Hall–Kier alpha value is -3.63. The minimum absolute atomic E-state index is 0.272. The normalized spacial score (nSPS) is 18.2. The van der Waals surface area contributed by atoms with Gasteiger partial charge in [-0.2, -0.15) is 5.10 Å². The molecule has 1 atom stereocenters. The van der Waals surface area contributed by atoms with E-state index >= 15 is 0 Å². The molecule has 168 valence electrons. The van der Waals surface area contributed by atoms with Crippen molar-refractivity contribution in [1.82, 2.24) is 29.6 Å². The number of aryl methyl sites for hydroxylation is 1. The first kappa shape index (κ1) is 21.2. The van der Waals surface area contributed by atoms with Gasteiger partial charge in [-0.1, -0.05) is 18.2 Å². The van der Waals surface area contributed by atoms with E-state index in [1.807, 2.05) is 42.9 Å². The van der Waals surface area contributed by atoms with Crippen LogP contribution in [-0.4, -0.2) is 54.2 Å². The summed E-state index contributed by atoms with van der Waals surface area (Å²) in [7, 11) is 3.58. The standard InChI is InChI=1S/C23H23N7O2S/c1-29-9-7-23(32,21(29)31)17-5-3-4-16(10-17)20-27-19(14-33-20)18-6-8-24-22(28-18)25-11-15-12-26-30(2)13-15/h3-6,8,10,12-14,32H,7,9,11H2,1-2H3,(H,24,25,28)/t23-/m1/s1. The SMILES string of the molecule is CN1CC[C@@](O)(c2cccc(-c3nc(-c4ccnc(NCc5cnn(C)c5)n4)cs3)c2)C1=O. The third-order valence-electron chi connectivity index (χ3n) is 5.73. The van der Waals surface area contributed by atoms with E-state index in [0.717, 1.165) is 21.8 Å². The minimum Gasteiger partial charge on any atom is -0.375 e. The number of anilines is 1. The number of amides is 1. The van der Waals surface area contributed by atoms with Gasteiger partial charge >= 0.3 is 0 Å². The van der Waals surface area contributed by atoms with Crippen LogP contribution in [0.1, 0.15) is 17.5 Å². The van der Waals surface area contributed by atoms with Gasteiger partial charge in [0.1, 0.15) is 10.7 Å². The number of likely N-dealkylation sites (tertiary alicyclic amines) is 1. The lowest BCUT2D eigenvalue weighted by Crippen LogP contribution is -2.36. The molecule has 10 heteroatoms. The van der Waals surface area contributed by atoms with Crippen LogP contribution >= 0.6 is 11.3 Å². The van der Waals surface area contributed by atoms with Crippen LogP contribution in [0.2, 0.25) is 0 Å². The lowest BCUT2D eigenvalue weighted by Gasteiger charge is -2.21. The molecule has 1 aliphatic heterocycles. The van der Waals surface area contributed by atoms with Gasteiger partial charge in [0.05, 0.1) is 11.9 Å². The number of thiazole rings is 1. The molecule has 0 spiro atoms. The van der Waals surface area contributed by atoms with Gasteiger partial charge in [-0.15, -0.1) is 11.3 Å². The van der Waals surface area contributed by atoms with Crippen molar-refractivity contribution in [1.29, 1.82) is 0 Å². The van der Waals surface area contributed by atoms with E-state index in [9.17, 15) is 9.90 Å². The van der Waals surface area contributed by atoms with Gasteiger partial charge in [-0.25, -0.2) is 15.0 Å². The van der Waals surface area contributed by atoms with Gasteiger partial charge in [-0.05, 0) is 17.7 Å². The maximum absolute atomic E-state index is 12.5. The highest BCUT2D eigenvalue weighted by Crippen LogP contribution is 2.36. The average Bonchev–Trinajstić information content (AvgIpc) is 3.55. The van der Waals surface area contributed by atoms with Gasteiger partial charge in [0.15, 0.2) is 5.60 Å². The third-order valence-corrected chi connectivity index (χ3v) is 6.62. The topological polar surface area (TPSA) is 109 Å². The first-order valence-corrected chi connectivity index (χ1v) is 11.4. The van der Waals surface area contributed by atoms with E-state index in [1.54, 1.807) is 35.1 Å². The van der Waals surface area contributed by atoms with Crippen molar-refractivity contribution in [2.24, 2.45) is 7.05 Å². The number of benzene rings is 1. The molecule has 5 rings (SSSR count). The second kappa shape index (κ2) is 8.38. The van der Waals surface area contributed by atoms with Crippen LogP contribution in [0, 0.1) is 0 Å². The Morgan fingerprint density at radius 1 is 1.21 bits per heavy atom. The fourth-order valence-corrected chi connectivity index (χ4v) is 4.70. The van der Waals surface area contributed by atoms with E-state index < -0.39 is 5.60 Å². The summed E-state index contributed by atoms with van der Waals surface area (Å²) in [6, 6.07) is 9.24. The van der Waals surface area contributed by atoms with Crippen molar-refractivity contribution in [2.45, 2.75) is 18.6 Å². The number of nitrogens with one attached hydrogen (secondary N) is 1. The van der Waals surface area contributed by atoms with E-state index in [0.29, 0.717) is 36.7 Å². The molecule has 1 aliphatic rings. The van der Waals surface area contributed by atoms with Gasteiger partial charge in [0.2, 0.25) is 5.95 Å². The molecular formula is C23H23N7O2S. The van der Waals surface area contributed by atoms with Crippen LogP contribution in [0.15, 0.2) is 54.3 Å². The number of aliphatic hydroxyl groups is 1. The molecular weight excluding hydrogens is 438 g/mol. The maximum Gasteiger partial charge on any atom is 0.258 e. The Morgan fingerprint density at radius 2 is 2.09 bits per heavy atom. The van der Waals surface area contributed by atoms with Gasteiger partial charge in [0, 0.05) is 62.5 Å². The number of likely N-dealkylation sites (N-methyl/N-ethyl adjacent to an activating group) is 1. The number of hydrogen-bond donors (Lipinski definition) is 2. The molecule has 1 saturated heterocycles. The van der Waals surface area contributed by atoms with Crippen LogP contribution in [0.3, 0.4) is 0 Å². The first-order chi connectivity index (χ1) is 15.9. The molecule has 0 saturated carbocycles. The van der Waals surface area contributed by atoms with Crippen LogP contribution in [0.4, 0.5) is 5.95 Å². The number of carbonyl (C=O) groups is 1. The highest BCUT2D eigenvalue weighted by atomic mass is 32.1. The lowest BCUT2D eigenvalue weighted by atomic mass is 9.91. The summed E-state index contributed by atoms with van der Waals surface area (Å²) in [6.45, 7) is 1.11. The van der Waals surface area contributed by atoms with Crippen molar-refractivity contribution in [3.05, 3.63) is 65.4 Å². The first-order valence-electron chi connectivity index (χ1n) is 10.5. The Labute approximate surface area is 194 Å². The Morgan fingerprint density at radius 3 is 2.85 bits per heavy atom. The molecule has 1 aromatic carbocycles. The molecule has 4 heterocycles. The zero-order valence-electron chi connectivity index (χ0n) is 18.3. The number of carbonyl (C=O) groups excluding carboxylic acids is 1. The summed E-state index contributed by atoms with van der Waals surface area (Å²) < 4.78 is 1.75. The number of rotatable bonds is 6. The third kappa shape index (κ3) is 4.10. The molecule has 33 heavy (non-hydrogen) atoms. The quantitative estimate of drug-likeness (QED) is 0.454. The van der Waals surface area contributed by atoms with Crippen molar-refractivity contribution in [3.63, 3.8) is 0 Å². The lowest BCUT2D eigenvalue weighted by molar-refractivity contribution is -0.143. The zero-order chi connectivity index (χ0) is 23.0. The highest BCUT2D eigenvalue weighted by molar-refractivity contribution is 7.13. The fraction of sp³-hybridized carbons (Fsp3) is 0.261.